The number of hydrogen-bond donors (Lipinski definition) is 2. The van der Waals surface area contributed by atoms with E-state index in [1.165, 1.54) is 23.0 Å². The first-order chi connectivity index (χ1) is 24.9. The van der Waals surface area contributed by atoms with Crippen molar-refractivity contribution in [2.24, 2.45) is 5.11 Å². The number of allylic oxidation sites excluding steroid dienone is 6. The molecule has 2 aliphatic heterocycles. The monoisotopic (exact) mass is 759 g/mol. The van der Waals surface area contributed by atoms with Gasteiger partial charge in [0.1, 0.15) is 6.54 Å². The molecule has 0 aromatic heterocycles. The summed E-state index contributed by atoms with van der Waals surface area (Å²) in [5, 5.41) is 6.51. The Kier molecular flexibility index (Phi) is 12.6. The van der Waals surface area contributed by atoms with E-state index in [2.05, 4.69) is 88.1 Å². The lowest BCUT2D eigenvalue weighted by molar-refractivity contribution is -0.433. The van der Waals surface area contributed by atoms with Gasteiger partial charge in [-0.15, -0.1) is 12.6 Å². The van der Waals surface area contributed by atoms with Gasteiger partial charge in [0, 0.05) is 63.8 Å². The third-order valence-electron chi connectivity index (χ3n) is 9.46. The molecular formula is C38H43N6O7S2+. The molecule has 0 bridgehead atoms. The molecule has 15 heteroatoms. The quantitative estimate of drug-likeness (QED) is 0.0493. The molecule has 278 valence electrons. The van der Waals surface area contributed by atoms with Gasteiger partial charge in [0.05, 0.1) is 10.3 Å². The summed E-state index contributed by atoms with van der Waals surface area (Å²) >= 11 is 0. The highest BCUT2D eigenvalue weighted by molar-refractivity contribution is 7.85. The van der Waals surface area contributed by atoms with E-state index in [1.807, 2.05) is 26.8 Å². The van der Waals surface area contributed by atoms with Gasteiger partial charge in [0.25, 0.3) is 10.1 Å². The Labute approximate surface area is 311 Å². The summed E-state index contributed by atoms with van der Waals surface area (Å²) in [7, 11) is -7.47. The summed E-state index contributed by atoms with van der Waals surface area (Å²) in [6.45, 7) is 14.2. The van der Waals surface area contributed by atoms with Crippen LogP contribution in [0.2, 0.25) is 0 Å². The van der Waals surface area contributed by atoms with Crippen LogP contribution in [0, 0.1) is 0 Å². The molecule has 5 rings (SSSR count). The van der Waals surface area contributed by atoms with Gasteiger partial charge in [-0.2, -0.15) is 13.0 Å². The van der Waals surface area contributed by atoms with Gasteiger partial charge in [-0.1, -0.05) is 61.4 Å². The Bertz CT molecular complexity index is 2300. The highest BCUT2D eigenvalue weighted by Gasteiger charge is 2.43. The Hall–Kier alpha value is -5.34. The summed E-state index contributed by atoms with van der Waals surface area (Å²) in [4.78, 5) is 17.9. The van der Waals surface area contributed by atoms with Crippen LogP contribution in [0.3, 0.4) is 0 Å². The van der Waals surface area contributed by atoms with Gasteiger partial charge in [-0.3, -0.25) is 9.35 Å². The zero-order chi connectivity index (χ0) is 39.1. The molecule has 0 fully saturated rings. The van der Waals surface area contributed by atoms with Crippen LogP contribution in [0.4, 0.5) is 22.7 Å². The Morgan fingerprint density at radius 2 is 1.64 bits per heavy atom. The van der Waals surface area contributed by atoms with E-state index in [9.17, 15) is 17.8 Å². The molecule has 3 aromatic rings. The van der Waals surface area contributed by atoms with Gasteiger partial charge < -0.3 is 10.2 Å². The lowest BCUT2D eigenvalue weighted by atomic mass is 9.81. The number of nitrogens with zero attached hydrogens (tertiary/aromatic N) is 5. The summed E-state index contributed by atoms with van der Waals surface area (Å²) in [6.07, 6.45) is 9.03. The predicted molar refractivity (Wildman–Crippen MR) is 205 cm³/mol. The summed E-state index contributed by atoms with van der Waals surface area (Å²) in [6, 6.07) is 19.9. The summed E-state index contributed by atoms with van der Waals surface area (Å²) < 4.78 is 61.3. The van der Waals surface area contributed by atoms with E-state index in [4.69, 9.17) is 18.2 Å². The number of hydrogen-bond acceptors (Lipinski definition) is 8. The number of para-hydroxylation sites is 1. The number of carbonyl (C=O) groups is 1. The van der Waals surface area contributed by atoms with Crippen molar-refractivity contribution in [3.63, 3.8) is 0 Å². The van der Waals surface area contributed by atoms with E-state index in [0.29, 0.717) is 24.3 Å². The fourth-order valence-electron chi connectivity index (χ4n) is 6.88. The summed E-state index contributed by atoms with van der Waals surface area (Å²) in [5.41, 5.74) is 16.2. The molecule has 0 unspecified atom stereocenters. The highest BCUT2D eigenvalue weighted by atomic mass is 32.2. The van der Waals surface area contributed by atoms with Gasteiger partial charge in [0.2, 0.25) is 11.6 Å². The van der Waals surface area contributed by atoms with Crippen LogP contribution in [0.15, 0.2) is 112 Å². The molecule has 1 amide bonds. The summed E-state index contributed by atoms with van der Waals surface area (Å²) in [5.74, 6) is -0.151. The van der Waals surface area contributed by atoms with Crippen molar-refractivity contribution in [3.05, 3.63) is 124 Å². The van der Waals surface area contributed by atoms with Crippen molar-refractivity contribution >= 4 is 55.1 Å². The minimum absolute atomic E-state index is 0.132. The maximum atomic E-state index is 13.1. The minimum Gasteiger partial charge on any atom is -0.344 e. The molecule has 2 aliphatic rings. The van der Waals surface area contributed by atoms with E-state index < -0.39 is 26.1 Å². The van der Waals surface area contributed by atoms with Gasteiger partial charge in [-0.25, -0.2) is 0 Å². The van der Waals surface area contributed by atoms with Gasteiger partial charge >= 0.3 is 10.6 Å². The number of amides is 1. The number of nitrogens with one attached hydrogen (secondary N) is 1. The number of carbonyl (C=O) groups excluding carboxylic acids is 1. The third kappa shape index (κ3) is 9.18. The average molecular weight is 760 g/mol. The fraction of sp³-hybridized carbons (Fsp3) is 0.316. The van der Waals surface area contributed by atoms with Crippen LogP contribution in [0.25, 0.3) is 10.4 Å². The van der Waals surface area contributed by atoms with E-state index in [0.717, 1.165) is 29.1 Å². The molecule has 0 saturated heterocycles. The number of fused-ring (bicyclic) bond motifs is 2. The van der Waals surface area contributed by atoms with Crippen LogP contribution < -0.4 is 10.2 Å². The second-order valence-corrected chi connectivity index (χ2v) is 15.2. The number of benzene rings is 3. The largest absolute Gasteiger partial charge is 0.425 e. The van der Waals surface area contributed by atoms with Crippen molar-refractivity contribution in [1.82, 2.24) is 0 Å². The zero-order valence-electron chi connectivity index (χ0n) is 30.4. The number of likely N-dealkylation sites (N-methyl/N-ethyl adjacent to an activating group) is 1. The maximum Gasteiger partial charge on any atom is 0.425 e. The average Bonchev–Trinajstić information content (AvgIpc) is 3.45. The molecule has 2 N–H and O–H groups in total. The Morgan fingerprint density at radius 1 is 0.981 bits per heavy atom. The molecule has 53 heavy (non-hydrogen) atoms. The van der Waals surface area contributed by atoms with Crippen molar-refractivity contribution in [2.75, 3.05) is 23.3 Å². The van der Waals surface area contributed by atoms with Crippen molar-refractivity contribution in [2.45, 2.75) is 70.1 Å². The minimum atomic E-state index is -4.36. The second kappa shape index (κ2) is 16.6. The molecule has 0 radical (unpaired) electrons. The Balaban J connectivity index is 0.00000149. The van der Waals surface area contributed by atoms with Crippen LogP contribution in [0.5, 0.6) is 0 Å². The maximum absolute atomic E-state index is 13.1. The smallest absolute Gasteiger partial charge is 0.344 e. The standard InChI is InChI=1S/C38H42N6O4S.O3S/c1-7-43-32-12-10-9-11-30(32)37(3,4)34(43)22-13-26(15-24-36(45)40-27-16-18-28(19-17-27)41-42-39)14-23-35-38(5,6)31-25-29(49(46,47)48)20-21-33(31)44(35)8-2;1-4(2)3/h9-14,16-23,25H,7-8,15,24H2,1-6H3,(H-,40,45,46,47,48);/p+1. The van der Waals surface area contributed by atoms with Crippen LogP contribution in [0.1, 0.15) is 65.5 Å². The first kappa shape index (κ1) is 40.4. The molecule has 2 heterocycles. The molecule has 3 aromatic carbocycles. The molecule has 0 saturated carbocycles. The van der Waals surface area contributed by atoms with Crippen LogP contribution in [-0.4, -0.2) is 54.9 Å². The zero-order valence-corrected chi connectivity index (χ0v) is 32.1. The SMILES string of the molecule is CCN1C(=CC=C(C=CC2=[N+](CC)c3ccccc3C2(C)C)CCC(=O)Nc2ccc(N=[N+]=[N-])cc2)C(C)(C)c2cc(S(=O)(=O)O)ccc21.O=S(=O)=O. The molecule has 0 spiro atoms. The van der Waals surface area contributed by atoms with Gasteiger partial charge in [-0.05, 0) is 87.2 Å². The third-order valence-corrected chi connectivity index (χ3v) is 10.3. The van der Waals surface area contributed by atoms with E-state index >= 15 is 0 Å². The van der Waals surface area contributed by atoms with Crippen molar-refractivity contribution in [3.8, 4) is 0 Å². The number of anilines is 2. The fourth-order valence-corrected chi connectivity index (χ4v) is 7.38. The first-order valence-corrected chi connectivity index (χ1v) is 19.3. The normalized spacial score (nSPS) is 16.5. The molecule has 13 nitrogen and oxygen atoms in total. The van der Waals surface area contributed by atoms with Crippen LogP contribution in [-0.2, 0) is 36.4 Å². The van der Waals surface area contributed by atoms with E-state index in [-0.39, 0.29) is 22.6 Å². The van der Waals surface area contributed by atoms with Crippen LogP contribution >= 0.6 is 0 Å². The van der Waals surface area contributed by atoms with Crippen molar-refractivity contribution in [1.29, 1.82) is 0 Å². The molecular weight excluding hydrogens is 717 g/mol. The molecule has 0 atom stereocenters. The highest BCUT2D eigenvalue weighted by Crippen LogP contribution is 2.48. The lowest BCUT2D eigenvalue weighted by Crippen LogP contribution is -2.27. The number of rotatable bonds is 11. The second-order valence-electron chi connectivity index (χ2n) is 13.4. The lowest BCUT2D eigenvalue weighted by Gasteiger charge is -2.26. The number of azide groups is 1. The van der Waals surface area contributed by atoms with Gasteiger partial charge in [0.15, 0.2) is 5.71 Å². The Morgan fingerprint density at radius 3 is 2.25 bits per heavy atom. The topological polar surface area (TPSA) is 190 Å². The first-order valence-electron chi connectivity index (χ1n) is 16.9. The molecule has 0 aliphatic carbocycles. The van der Waals surface area contributed by atoms with E-state index in [1.54, 1.807) is 36.4 Å². The predicted octanol–water partition coefficient (Wildman–Crippen LogP) is 7.87. The van der Waals surface area contributed by atoms with Crippen molar-refractivity contribution < 1.29 is 35.0 Å².